The number of fused-ring (bicyclic) bond motifs is 1. The van der Waals surface area contributed by atoms with Crippen molar-refractivity contribution < 1.29 is 36.6 Å². The molecule has 1 atom stereocenters. The van der Waals surface area contributed by atoms with Gasteiger partial charge in [0.1, 0.15) is 11.4 Å². The number of hydrogen-bond acceptors (Lipinski definition) is 8. The summed E-state index contributed by atoms with van der Waals surface area (Å²) in [6.45, 7) is 1.36. The van der Waals surface area contributed by atoms with Gasteiger partial charge in [-0.15, -0.1) is 11.3 Å². The summed E-state index contributed by atoms with van der Waals surface area (Å²) in [6.07, 6.45) is -6.37. The van der Waals surface area contributed by atoms with Gasteiger partial charge in [-0.2, -0.15) is 13.2 Å². The van der Waals surface area contributed by atoms with Gasteiger partial charge in [0.2, 0.25) is 0 Å². The van der Waals surface area contributed by atoms with E-state index in [2.05, 4.69) is 9.72 Å². The molecular formula is C23H17F4NO5S2. The van der Waals surface area contributed by atoms with E-state index in [0.29, 0.717) is 25.7 Å². The van der Waals surface area contributed by atoms with Crippen LogP contribution < -0.4 is 5.63 Å². The zero-order valence-electron chi connectivity index (χ0n) is 18.1. The minimum absolute atomic E-state index is 0.245. The summed E-state index contributed by atoms with van der Waals surface area (Å²) in [6, 6.07) is 12.0. The molecule has 35 heavy (non-hydrogen) atoms. The van der Waals surface area contributed by atoms with E-state index in [0.717, 1.165) is 29.3 Å². The summed E-state index contributed by atoms with van der Waals surface area (Å²) in [5, 5.41) is 9.95. The number of halogens is 4. The zero-order chi connectivity index (χ0) is 25.8. The molecule has 6 nitrogen and oxygen atoms in total. The second kappa shape index (κ2) is 11.0. The Bertz CT molecular complexity index is 1380. The predicted molar refractivity (Wildman–Crippen MR) is 123 cm³/mol. The minimum Gasteiger partial charge on any atom is -0.469 e. The number of ether oxygens (including phenoxy) is 1. The van der Waals surface area contributed by atoms with Crippen LogP contribution in [0.1, 0.15) is 17.9 Å². The van der Waals surface area contributed by atoms with E-state index in [1.807, 2.05) is 0 Å². The molecule has 0 aliphatic heterocycles. The fourth-order valence-corrected chi connectivity index (χ4v) is 4.79. The topological polar surface area (TPSA) is 89.6 Å². The molecule has 0 saturated carbocycles. The number of rotatable bonds is 4. The summed E-state index contributed by atoms with van der Waals surface area (Å²) in [5.74, 6) is -0.645. The lowest BCUT2D eigenvalue weighted by Crippen LogP contribution is -2.18. The van der Waals surface area contributed by atoms with Crippen molar-refractivity contribution >= 4 is 40.0 Å². The van der Waals surface area contributed by atoms with Gasteiger partial charge >= 0.3 is 17.8 Å². The van der Waals surface area contributed by atoms with Gasteiger partial charge in [-0.05, 0) is 41.5 Å². The van der Waals surface area contributed by atoms with E-state index in [1.165, 1.54) is 32.2 Å². The van der Waals surface area contributed by atoms with Gasteiger partial charge in [-0.3, -0.25) is 4.79 Å². The quantitative estimate of drug-likeness (QED) is 0.198. The maximum Gasteiger partial charge on any atom is 0.419 e. The molecule has 4 aromatic rings. The van der Waals surface area contributed by atoms with Crippen molar-refractivity contribution in [1.82, 2.24) is 4.98 Å². The van der Waals surface area contributed by atoms with Crippen molar-refractivity contribution in [1.29, 1.82) is 0 Å². The van der Waals surface area contributed by atoms with Crippen molar-refractivity contribution in [2.24, 2.45) is 0 Å². The van der Waals surface area contributed by atoms with Crippen LogP contribution in [-0.4, -0.2) is 29.3 Å². The van der Waals surface area contributed by atoms with Crippen molar-refractivity contribution in [2.75, 3.05) is 7.11 Å². The standard InChI is InChI=1S/C20H11F4NO3S2.C3H6O2/c21-11-3-1-10(2-4-11)14-8-17(26)28-15-7-12(5-6-13(14)15)29-19-25-9-16(30-19)18(27)20(22,23)24;1-3(4)5-2/h1-9,18,27H;1-2H3. The summed E-state index contributed by atoms with van der Waals surface area (Å²) in [7, 11) is 1.35. The Labute approximate surface area is 204 Å². The molecule has 2 aromatic carbocycles. The third kappa shape index (κ3) is 6.90. The Morgan fingerprint density at radius 1 is 1.17 bits per heavy atom. The third-order valence-electron chi connectivity index (χ3n) is 4.45. The number of nitrogens with zero attached hydrogens (tertiary/aromatic N) is 1. The number of methoxy groups -OCH3 is 1. The minimum atomic E-state index is -4.77. The molecule has 0 amide bonds. The largest absolute Gasteiger partial charge is 0.469 e. The van der Waals surface area contributed by atoms with E-state index < -0.39 is 23.7 Å². The van der Waals surface area contributed by atoms with Gasteiger partial charge in [0, 0.05) is 29.5 Å². The molecule has 0 aliphatic carbocycles. The molecular weight excluding hydrogens is 510 g/mol. The fourth-order valence-electron chi connectivity index (χ4n) is 2.78. The summed E-state index contributed by atoms with van der Waals surface area (Å²) >= 11 is 1.80. The molecule has 0 saturated heterocycles. The number of aliphatic hydroxyl groups excluding tert-OH is 1. The highest BCUT2D eigenvalue weighted by molar-refractivity contribution is 8.01. The summed E-state index contributed by atoms with van der Waals surface area (Å²) in [4.78, 5) is 25.8. The van der Waals surface area contributed by atoms with Gasteiger partial charge in [0.15, 0.2) is 10.4 Å². The SMILES string of the molecule is COC(C)=O.O=c1cc(-c2ccc(F)cc2)c2ccc(Sc3ncc(C(O)C(F)(F)F)s3)cc2o1. The van der Waals surface area contributed by atoms with Crippen LogP contribution in [0, 0.1) is 5.82 Å². The van der Waals surface area contributed by atoms with Crippen LogP contribution in [0.3, 0.4) is 0 Å². The second-order valence-electron chi connectivity index (χ2n) is 6.91. The van der Waals surface area contributed by atoms with Crippen LogP contribution in [0.25, 0.3) is 22.1 Å². The highest BCUT2D eigenvalue weighted by Gasteiger charge is 2.40. The number of alkyl halides is 3. The monoisotopic (exact) mass is 527 g/mol. The lowest BCUT2D eigenvalue weighted by atomic mass is 10.0. The highest BCUT2D eigenvalue weighted by Crippen LogP contribution is 2.40. The van der Waals surface area contributed by atoms with E-state index >= 15 is 0 Å². The molecule has 0 radical (unpaired) electrons. The van der Waals surface area contributed by atoms with Crippen LogP contribution in [0.2, 0.25) is 0 Å². The first kappa shape index (κ1) is 26.4. The molecule has 0 spiro atoms. The van der Waals surface area contributed by atoms with Gasteiger partial charge in [0.05, 0.1) is 12.0 Å². The van der Waals surface area contributed by atoms with Gasteiger partial charge < -0.3 is 14.3 Å². The van der Waals surface area contributed by atoms with Crippen molar-refractivity contribution in [2.45, 2.75) is 28.4 Å². The Kier molecular flexibility index (Phi) is 8.30. The molecule has 4 rings (SSSR count). The molecule has 1 N–H and O–H groups in total. The number of esters is 1. The predicted octanol–water partition coefficient (Wildman–Crippen LogP) is 5.98. The first-order chi connectivity index (χ1) is 16.5. The fraction of sp³-hybridized carbons (Fsp3) is 0.174. The number of carbonyl (C=O) groups is 1. The number of aromatic nitrogens is 1. The number of thiazole rings is 1. The Hall–Kier alpha value is -3.22. The first-order valence-electron chi connectivity index (χ1n) is 9.74. The molecule has 0 bridgehead atoms. The zero-order valence-corrected chi connectivity index (χ0v) is 19.8. The van der Waals surface area contributed by atoms with E-state index in [1.54, 1.807) is 30.3 Å². The lowest BCUT2D eigenvalue weighted by molar-refractivity contribution is -0.205. The van der Waals surface area contributed by atoms with Crippen molar-refractivity contribution in [3.05, 3.63) is 75.8 Å². The van der Waals surface area contributed by atoms with Gasteiger partial charge in [-0.1, -0.05) is 23.9 Å². The number of hydrogen-bond donors (Lipinski definition) is 1. The normalized spacial score (nSPS) is 12.1. The second-order valence-corrected chi connectivity index (χ2v) is 9.30. The average Bonchev–Trinajstić information content (AvgIpc) is 3.26. The van der Waals surface area contributed by atoms with Crippen LogP contribution in [-0.2, 0) is 9.53 Å². The first-order valence-corrected chi connectivity index (χ1v) is 11.4. The van der Waals surface area contributed by atoms with Gasteiger partial charge in [0.25, 0.3) is 0 Å². The maximum atomic E-state index is 13.2. The van der Waals surface area contributed by atoms with E-state index in [4.69, 9.17) is 4.42 Å². The van der Waals surface area contributed by atoms with Crippen LogP contribution >= 0.6 is 23.1 Å². The molecule has 0 aliphatic rings. The number of carbonyl (C=O) groups excluding carboxylic acids is 1. The number of benzene rings is 2. The van der Waals surface area contributed by atoms with E-state index in [-0.39, 0.29) is 16.4 Å². The summed E-state index contributed by atoms with van der Waals surface area (Å²) < 4.78 is 60.8. The molecule has 2 aromatic heterocycles. The molecule has 1 unspecified atom stereocenters. The van der Waals surface area contributed by atoms with Gasteiger partial charge in [-0.25, -0.2) is 14.2 Å². The Morgan fingerprint density at radius 2 is 1.83 bits per heavy atom. The molecule has 2 heterocycles. The van der Waals surface area contributed by atoms with E-state index in [9.17, 15) is 32.3 Å². The lowest BCUT2D eigenvalue weighted by Gasteiger charge is -2.11. The van der Waals surface area contributed by atoms with Crippen LogP contribution in [0.15, 0.2) is 73.2 Å². The van der Waals surface area contributed by atoms with Crippen molar-refractivity contribution in [3.8, 4) is 11.1 Å². The molecule has 184 valence electrons. The smallest absolute Gasteiger partial charge is 0.419 e. The van der Waals surface area contributed by atoms with Crippen molar-refractivity contribution in [3.63, 3.8) is 0 Å². The maximum absolute atomic E-state index is 13.2. The third-order valence-corrected chi connectivity index (χ3v) is 6.56. The Balaban J connectivity index is 0.000000623. The van der Waals surface area contributed by atoms with Crippen LogP contribution in [0.5, 0.6) is 0 Å². The summed E-state index contributed by atoms with van der Waals surface area (Å²) in [5.41, 5.74) is 0.899. The average molecular weight is 528 g/mol. The Morgan fingerprint density at radius 3 is 2.43 bits per heavy atom. The highest BCUT2D eigenvalue weighted by atomic mass is 32.2. The number of aliphatic hydroxyl groups is 1. The molecule has 0 fully saturated rings. The van der Waals surface area contributed by atoms with Crippen LogP contribution in [0.4, 0.5) is 17.6 Å². The molecule has 12 heteroatoms.